The van der Waals surface area contributed by atoms with Crippen LogP contribution in [0, 0.1) is 0 Å². The largest absolute Gasteiger partial charge is 0.294 e. The number of hydrogen-bond donors (Lipinski definition) is 0. The molecule has 0 aromatic heterocycles. The Bertz CT molecular complexity index is 245. The fraction of sp³-hybridized carbons (Fsp3) is 0.167. The summed E-state index contributed by atoms with van der Waals surface area (Å²) in [6.07, 6.45) is 2.61. The van der Waals surface area contributed by atoms with Crippen molar-refractivity contribution in [2.75, 3.05) is 0 Å². The first-order valence-corrected chi connectivity index (χ1v) is 3.04. The van der Waals surface area contributed by atoms with Crippen LogP contribution in [-0.4, -0.2) is 16.7 Å². The van der Waals surface area contributed by atoms with Crippen molar-refractivity contribution in [2.45, 2.75) is 6.42 Å². The first kappa shape index (κ1) is 10.3. The van der Waals surface area contributed by atoms with Gasteiger partial charge in [-0.1, -0.05) is 0 Å². The van der Waals surface area contributed by atoms with Gasteiger partial charge < -0.3 is 0 Å². The van der Waals surface area contributed by atoms with Crippen LogP contribution in [0.1, 0.15) is 6.42 Å². The summed E-state index contributed by atoms with van der Waals surface area (Å²) in [5, 5.41) is -0.655. The van der Waals surface area contributed by atoms with Crippen molar-refractivity contribution in [3.63, 3.8) is 0 Å². The number of rotatable bonds is 1. The number of nitrogens with zero attached hydrogens (tertiary/aromatic N) is 1. The van der Waals surface area contributed by atoms with E-state index in [9.17, 15) is 9.59 Å². The molecular formula is C6H5Cl2NO2. The van der Waals surface area contributed by atoms with Crippen molar-refractivity contribution in [1.82, 2.24) is 0 Å². The van der Waals surface area contributed by atoms with Gasteiger partial charge in [-0.25, -0.2) is 0 Å². The Kier molecular flexibility index (Phi) is 4.00. The Balaban J connectivity index is 0.000001000. The Morgan fingerprint density at radius 3 is 2.64 bits per heavy atom. The average Bonchev–Trinajstić information content (AvgIpc) is 1.88. The van der Waals surface area contributed by atoms with Gasteiger partial charge in [-0.3, -0.25) is 14.6 Å². The highest BCUT2D eigenvalue weighted by Gasteiger charge is 2.13. The number of carbonyl (C=O) groups is 2. The normalized spacial score (nSPS) is 15.4. The summed E-state index contributed by atoms with van der Waals surface area (Å²) in [5.74, 6) is -0.140. The molecule has 1 aliphatic rings. The van der Waals surface area contributed by atoms with Crippen LogP contribution in [0.2, 0.25) is 0 Å². The van der Waals surface area contributed by atoms with Crippen LogP contribution in [0.5, 0.6) is 0 Å². The Morgan fingerprint density at radius 1 is 1.64 bits per heavy atom. The molecule has 0 bridgehead atoms. The number of carbonyl (C=O) groups excluding carboxylic acids is 2. The van der Waals surface area contributed by atoms with Crippen molar-refractivity contribution in [3.05, 3.63) is 12.3 Å². The van der Waals surface area contributed by atoms with E-state index in [4.69, 9.17) is 11.6 Å². The molecular weight excluding hydrogens is 189 g/mol. The van der Waals surface area contributed by atoms with Gasteiger partial charge in [-0.15, -0.1) is 12.4 Å². The Labute approximate surface area is 74.5 Å². The van der Waals surface area contributed by atoms with E-state index in [0.717, 1.165) is 0 Å². The SMILES string of the molecule is Cl.O=C1C=CN=C(C(=O)Cl)C1. The summed E-state index contributed by atoms with van der Waals surface area (Å²) in [6.45, 7) is 0. The van der Waals surface area contributed by atoms with Gasteiger partial charge in [0, 0.05) is 6.20 Å². The van der Waals surface area contributed by atoms with E-state index < -0.39 is 5.24 Å². The molecule has 0 aromatic carbocycles. The molecule has 1 rings (SSSR count). The monoisotopic (exact) mass is 193 g/mol. The van der Waals surface area contributed by atoms with Crippen LogP contribution in [0.3, 0.4) is 0 Å². The van der Waals surface area contributed by atoms with Gasteiger partial charge in [0.2, 0.25) is 0 Å². The molecule has 1 aliphatic heterocycles. The lowest BCUT2D eigenvalue weighted by Crippen LogP contribution is -2.14. The van der Waals surface area contributed by atoms with E-state index in [2.05, 4.69) is 4.99 Å². The fourth-order valence-electron chi connectivity index (χ4n) is 0.600. The van der Waals surface area contributed by atoms with Crippen LogP contribution in [0.25, 0.3) is 0 Å². The number of aliphatic imine (C=N–C) groups is 1. The second-order valence-corrected chi connectivity index (χ2v) is 2.15. The molecule has 0 radical (unpaired) electrons. The molecule has 0 amide bonds. The predicted octanol–water partition coefficient (Wildman–Crippen LogP) is 1.10. The highest BCUT2D eigenvalue weighted by Crippen LogP contribution is 2.01. The molecule has 0 aliphatic carbocycles. The van der Waals surface area contributed by atoms with Gasteiger partial charge in [0.25, 0.3) is 5.24 Å². The van der Waals surface area contributed by atoms with E-state index in [-0.39, 0.29) is 30.3 Å². The second kappa shape index (κ2) is 4.26. The van der Waals surface area contributed by atoms with Crippen molar-refractivity contribution in [1.29, 1.82) is 0 Å². The summed E-state index contributed by atoms with van der Waals surface area (Å²) < 4.78 is 0. The van der Waals surface area contributed by atoms with Crippen LogP contribution < -0.4 is 0 Å². The molecule has 60 valence electrons. The molecule has 11 heavy (non-hydrogen) atoms. The van der Waals surface area contributed by atoms with Crippen molar-refractivity contribution < 1.29 is 9.59 Å². The maximum Gasteiger partial charge on any atom is 0.267 e. The zero-order valence-electron chi connectivity index (χ0n) is 5.41. The Morgan fingerprint density at radius 2 is 2.27 bits per heavy atom. The molecule has 0 fully saturated rings. The van der Waals surface area contributed by atoms with Crippen molar-refractivity contribution >= 4 is 40.7 Å². The zero-order chi connectivity index (χ0) is 7.56. The molecule has 5 heteroatoms. The summed E-state index contributed by atoms with van der Waals surface area (Å²) in [4.78, 5) is 24.6. The first-order valence-electron chi connectivity index (χ1n) is 2.66. The average molecular weight is 194 g/mol. The number of ketones is 1. The number of halogens is 2. The third-order valence-electron chi connectivity index (χ3n) is 1.06. The van der Waals surface area contributed by atoms with Gasteiger partial charge in [0.15, 0.2) is 5.78 Å². The smallest absolute Gasteiger partial charge is 0.267 e. The third-order valence-corrected chi connectivity index (χ3v) is 1.28. The van der Waals surface area contributed by atoms with Crippen LogP contribution in [-0.2, 0) is 9.59 Å². The molecule has 0 N–H and O–H groups in total. The first-order chi connectivity index (χ1) is 4.70. The van der Waals surface area contributed by atoms with Crippen LogP contribution in [0.4, 0.5) is 0 Å². The molecule has 0 aromatic rings. The second-order valence-electron chi connectivity index (χ2n) is 1.81. The highest BCUT2D eigenvalue weighted by atomic mass is 35.5. The molecule has 0 spiro atoms. The third kappa shape index (κ3) is 2.82. The number of hydrogen-bond acceptors (Lipinski definition) is 3. The van der Waals surface area contributed by atoms with Crippen LogP contribution >= 0.6 is 24.0 Å². The quantitative estimate of drug-likeness (QED) is 0.586. The van der Waals surface area contributed by atoms with Gasteiger partial charge >= 0.3 is 0 Å². The maximum absolute atomic E-state index is 10.6. The van der Waals surface area contributed by atoms with Crippen molar-refractivity contribution in [3.8, 4) is 0 Å². The van der Waals surface area contributed by atoms with E-state index in [1.54, 1.807) is 0 Å². The molecule has 0 unspecified atom stereocenters. The highest BCUT2D eigenvalue weighted by molar-refractivity contribution is 6.82. The lowest BCUT2D eigenvalue weighted by molar-refractivity contribution is -0.114. The van der Waals surface area contributed by atoms with E-state index in [0.29, 0.717) is 0 Å². The minimum absolute atomic E-state index is 0. The van der Waals surface area contributed by atoms with E-state index in [1.165, 1.54) is 12.3 Å². The summed E-state index contributed by atoms with van der Waals surface area (Å²) in [5.41, 5.74) is 0.120. The molecule has 3 nitrogen and oxygen atoms in total. The van der Waals surface area contributed by atoms with Crippen LogP contribution in [0.15, 0.2) is 17.3 Å². The lowest BCUT2D eigenvalue weighted by Gasteiger charge is -1.99. The zero-order valence-corrected chi connectivity index (χ0v) is 6.98. The standard InChI is InChI=1S/C6H4ClNO2.ClH/c7-6(10)5-3-4(9)1-2-8-5;/h1-2H,3H2;1H. The topological polar surface area (TPSA) is 46.5 Å². The van der Waals surface area contributed by atoms with E-state index in [1.807, 2.05) is 0 Å². The fourth-order valence-corrected chi connectivity index (χ4v) is 0.716. The predicted molar refractivity (Wildman–Crippen MR) is 44.3 cm³/mol. The molecule has 1 heterocycles. The minimum Gasteiger partial charge on any atom is -0.294 e. The summed E-state index contributed by atoms with van der Waals surface area (Å²) in [6, 6.07) is 0. The lowest BCUT2D eigenvalue weighted by atomic mass is 10.2. The summed E-state index contributed by atoms with van der Waals surface area (Å²) in [7, 11) is 0. The molecule has 0 saturated heterocycles. The van der Waals surface area contributed by atoms with Gasteiger partial charge in [0.1, 0.15) is 5.71 Å². The summed E-state index contributed by atoms with van der Waals surface area (Å²) >= 11 is 5.07. The number of allylic oxidation sites excluding steroid dienone is 1. The van der Waals surface area contributed by atoms with Gasteiger partial charge in [-0.05, 0) is 17.7 Å². The molecule has 0 saturated carbocycles. The van der Waals surface area contributed by atoms with Crippen molar-refractivity contribution in [2.24, 2.45) is 4.99 Å². The molecule has 0 atom stereocenters. The van der Waals surface area contributed by atoms with E-state index >= 15 is 0 Å². The minimum atomic E-state index is -0.655. The Hall–Kier alpha value is -0.670. The van der Waals surface area contributed by atoms with Gasteiger partial charge in [-0.2, -0.15) is 0 Å². The maximum atomic E-state index is 10.6. The van der Waals surface area contributed by atoms with Gasteiger partial charge in [0.05, 0.1) is 6.42 Å².